The van der Waals surface area contributed by atoms with E-state index in [4.69, 9.17) is 4.74 Å². The van der Waals surface area contributed by atoms with Gasteiger partial charge in [-0.2, -0.15) is 0 Å². The summed E-state index contributed by atoms with van der Waals surface area (Å²) in [6, 6.07) is 0.293. The molecule has 1 aliphatic heterocycles. The Hall–Kier alpha value is -0.610. The van der Waals surface area contributed by atoms with Gasteiger partial charge in [-0.1, -0.05) is 0 Å². The smallest absolute Gasteiger partial charge is 0.323 e. The van der Waals surface area contributed by atoms with Crippen LogP contribution in [-0.4, -0.2) is 37.2 Å². The van der Waals surface area contributed by atoms with Crippen LogP contribution in [0.1, 0.15) is 45.4 Å². The number of carbonyl (C=O) groups excluding carboxylic acids is 1. The van der Waals surface area contributed by atoms with E-state index in [-0.39, 0.29) is 18.1 Å². The average Bonchev–Trinajstić information content (AvgIpc) is 2.83. The molecule has 0 aromatic heterocycles. The highest BCUT2D eigenvalue weighted by atomic mass is 16.5. The number of piperidine rings is 1. The van der Waals surface area contributed by atoms with Gasteiger partial charge in [0.05, 0.1) is 0 Å². The van der Waals surface area contributed by atoms with Crippen LogP contribution in [0.25, 0.3) is 0 Å². The van der Waals surface area contributed by atoms with Crippen molar-refractivity contribution < 1.29 is 9.53 Å². The number of nitrogens with one attached hydrogen (secondary N) is 2. The van der Waals surface area contributed by atoms with Gasteiger partial charge in [-0.3, -0.25) is 4.79 Å². The van der Waals surface area contributed by atoms with E-state index >= 15 is 0 Å². The minimum Gasteiger partial charge on any atom is -0.461 e. The second-order valence-electron chi connectivity index (χ2n) is 5.26. The van der Waals surface area contributed by atoms with E-state index in [0.29, 0.717) is 6.04 Å². The lowest BCUT2D eigenvalue weighted by Gasteiger charge is -2.27. The fourth-order valence-electron chi connectivity index (χ4n) is 2.68. The zero-order chi connectivity index (χ0) is 12.1. The Morgan fingerprint density at radius 3 is 2.53 bits per heavy atom. The van der Waals surface area contributed by atoms with Crippen LogP contribution in [0.5, 0.6) is 0 Å². The largest absolute Gasteiger partial charge is 0.461 e. The van der Waals surface area contributed by atoms with Crippen molar-refractivity contribution >= 4 is 5.97 Å². The first-order chi connectivity index (χ1) is 8.25. The SMILES string of the molecule is CC(NC1CCNCC1)C(=O)OC1CCCC1. The van der Waals surface area contributed by atoms with E-state index in [2.05, 4.69) is 10.6 Å². The van der Waals surface area contributed by atoms with Crippen LogP contribution in [0.15, 0.2) is 0 Å². The predicted octanol–water partition coefficient (Wildman–Crippen LogP) is 1.20. The number of ether oxygens (including phenoxy) is 1. The number of esters is 1. The molecule has 1 atom stereocenters. The second-order valence-corrected chi connectivity index (χ2v) is 5.26. The van der Waals surface area contributed by atoms with Gasteiger partial charge in [-0.25, -0.2) is 0 Å². The van der Waals surface area contributed by atoms with Gasteiger partial charge in [0.25, 0.3) is 0 Å². The number of carbonyl (C=O) groups is 1. The molecule has 1 unspecified atom stereocenters. The Morgan fingerprint density at radius 2 is 1.88 bits per heavy atom. The lowest BCUT2D eigenvalue weighted by atomic mass is 10.1. The molecule has 1 aliphatic carbocycles. The monoisotopic (exact) mass is 240 g/mol. The molecule has 0 spiro atoms. The normalized spacial score (nSPS) is 24.8. The highest BCUT2D eigenvalue weighted by Gasteiger charge is 2.24. The van der Waals surface area contributed by atoms with Gasteiger partial charge in [0.2, 0.25) is 0 Å². The van der Waals surface area contributed by atoms with Crippen LogP contribution in [0, 0.1) is 0 Å². The lowest BCUT2D eigenvalue weighted by Crippen LogP contribution is -2.47. The minimum atomic E-state index is -0.168. The molecule has 2 aliphatic rings. The first-order valence-corrected chi connectivity index (χ1v) is 6.93. The molecule has 0 aromatic rings. The summed E-state index contributed by atoms with van der Waals surface area (Å²) in [5.41, 5.74) is 0. The summed E-state index contributed by atoms with van der Waals surface area (Å²) in [6.07, 6.45) is 6.88. The van der Waals surface area contributed by atoms with Crippen molar-refractivity contribution in [2.45, 2.75) is 63.6 Å². The summed E-state index contributed by atoms with van der Waals surface area (Å²) >= 11 is 0. The van der Waals surface area contributed by atoms with Crippen molar-refractivity contribution in [2.24, 2.45) is 0 Å². The van der Waals surface area contributed by atoms with Gasteiger partial charge in [0.15, 0.2) is 0 Å². The number of rotatable bonds is 4. The zero-order valence-electron chi connectivity index (χ0n) is 10.7. The first kappa shape index (κ1) is 12.8. The Morgan fingerprint density at radius 1 is 1.24 bits per heavy atom. The van der Waals surface area contributed by atoms with Crippen molar-refractivity contribution in [2.75, 3.05) is 13.1 Å². The number of hydrogen-bond donors (Lipinski definition) is 2. The maximum Gasteiger partial charge on any atom is 0.323 e. The first-order valence-electron chi connectivity index (χ1n) is 6.93. The summed E-state index contributed by atoms with van der Waals surface area (Å²) < 4.78 is 5.50. The maximum absolute atomic E-state index is 11.9. The quantitative estimate of drug-likeness (QED) is 0.725. The molecule has 0 radical (unpaired) electrons. The van der Waals surface area contributed by atoms with Crippen LogP contribution in [0.2, 0.25) is 0 Å². The van der Waals surface area contributed by atoms with Crippen molar-refractivity contribution in [3.05, 3.63) is 0 Å². The highest BCUT2D eigenvalue weighted by Crippen LogP contribution is 2.21. The van der Waals surface area contributed by atoms with E-state index < -0.39 is 0 Å². The molecule has 0 amide bonds. The summed E-state index contributed by atoms with van der Waals surface area (Å²) in [4.78, 5) is 11.9. The summed E-state index contributed by atoms with van der Waals surface area (Å²) in [6.45, 7) is 4.00. The van der Waals surface area contributed by atoms with E-state index in [0.717, 1.165) is 38.8 Å². The number of hydrogen-bond acceptors (Lipinski definition) is 4. The summed E-state index contributed by atoms with van der Waals surface area (Å²) in [5.74, 6) is -0.0737. The van der Waals surface area contributed by atoms with Crippen LogP contribution >= 0.6 is 0 Å². The molecule has 2 N–H and O–H groups in total. The van der Waals surface area contributed by atoms with Crippen LogP contribution < -0.4 is 10.6 Å². The molecule has 98 valence electrons. The Bertz CT molecular complexity index is 246. The van der Waals surface area contributed by atoms with Gasteiger partial charge in [-0.05, 0) is 58.5 Å². The Labute approximate surface area is 103 Å². The lowest BCUT2D eigenvalue weighted by molar-refractivity contribution is -0.151. The van der Waals surface area contributed by atoms with Gasteiger partial charge >= 0.3 is 5.97 Å². The molecule has 1 heterocycles. The third-order valence-corrected chi connectivity index (χ3v) is 3.76. The topological polar surface area (TPSA) is 50.4 Å². The van der Waals surface area contributed by atoms with Crippen molar-refractivity contribution in [3.63, 3.8) is 0 Å². The molecule has 0 bridgehead atoms. The zero-order valence-corrected chi connectivity index (χ0v) is 10.7. The van der Waals surface area contributed by atoms with Crippen molar-refractivity contribution in [1.29, 1.82) is 0 Å². The maximum atomic E-state index is 11.9. The molecule has 1 saturated carbocycles. The van der Waals surface area contributed by atoms with Crippen LogP contribution in [0.3, 0.4) is 0 Å². The summed E-state index contributed by atoms with van der Waals surface area (Å²) in [7, 11) is 0. The third-order valence-electron chi connectivity index (χ3n) is 3.76. The predicted molar refractivity (Wildman–Crippen MR) is 66.8 cm³/mol. The third kappa shape index (κ3) is 3.96. The molecule has 4 heteroatoms. The second kappa shape index (κ2) is 6.36. The molecule has 0 aromatic carbocycles. The molecule has 1 saturated heterocycles. The molecule has 2 rings (SSSR count). The standard InChI is InChI=1S/C13H24N2O2/c1-10(15-11-6-8-14-9-7-11)13(16)17-12-4-2-3-5-12/h10-12,14-15H,2-9H2,1H3. The summed E-state index contributed by atoms with van der Waals surface area (Å²) in [5, 5.41) is 6.70. The molecule has 17 heavy (non-hydrogen) atoms. The fraction of sp³-hybridized carbons (Fsp3) is 0.923. The van der Waals surface area contributed by atoms with Crippen LogP contribution in [0.4, 0.5) is 0 Å². The van der Waals surface area contributed by atoms with Gasteiger partial charge in [0, 0.05) is 6.04 Å². The van der Waals surface area contributed by atoms with E-state index in [1.165, 1.54) is 12.8 Å². The molecular formula is C13H24N2O2. The van der Waals surface area contributed by atoms with E-state index in [9.17, 15) is 4.79 Å². The van der Waals surface area contributed by atoms with Gasteiger partial charge in [0.1, 0.15) is 12.1 Å². The van der Waals surface area contributed by atoms with Crippen molar-refractivity contribution in [3.8, 4) is 0 Å². The average molecular weight is 240 g/mol. The fourth-order valence-corrected chi connectivity index (χ4v) is 2.68. The Balaban J connectivity index is 1.70. The Kier molecular flexibility index (Phi) is 4.80. The van der Waals surface area contributed by atoms with Crippen molar-refractivity contribution in [1.82, 2.24) is 10.6 Å². The highest BCUT2D eigenvalue weighted by molar-refractivity contribution is 5.75. The van der Waals surface area contributed by atoms with E-state index in [1.54, 1.807) is 0 Å². The molecular weight excluding hydrogens is 216 g/mol. The van der Waals surface area contributed by atoms with Crippen LogP contribution in [-0.2, 0) is 9.53 Å². The van der Waals surface area contributed by atoms with Gasteiger partial charge in [-0.15, -0.1) is 0 Å². The van der Waals surface area contributed by atoms with Gasteiger partial charge < -0.3 is 15.4 Å². The molecule has 2 fully saturated rings. The molecule has 4 nitrogen and oxygen atoms in total. The minimum absolute atomic E-state index is 0.0737. The van der Waals surface area contributed by atoms with E-state index in [1.807, 2.05) is 6.92 Å².